The molecule has 4 atom stereocenters. The first-order valence-electron chi connectivity index (χ1n) is 7.89. The van der Waals surface area contributed by atoms with Crippen molar-refractivity contribution in [1.82, 2.24) is 0 Å². The second-order valence-corrected chi connectivity index (χ2v) is 7.61. The van der Waals surface area contributed by atoms with E-state index in [1.54, 1.807) is 12.1 Å². The lowest BCUT2D eigenvalue weighted by atomic mass is 9.43. The zero-order valence-electron chi connectivity index (χ0n) is 12.3. The van der Waals surface area contributed by atoms with Gasteiger partial charge >= 0.3 is 0 Å². The molecule has 5 heteroatoms. The van der Waals surface area contributed by atoms with Crippen molar-refractivity contribution >= 4 is 11.7 Å². The molecular formula is C17H18NO4-. The van der Waals surface area contributed by atoms with Gasteiger partial charge in [0, 0.05) is 23.5 Å². The second-order valence-electron chi connectivity index (χ2n) is 7.61. The number of nitro groups is 1. The molecule has 0 aliphatic heterocycles. The predicted octanol–water partition coefficient (Wildman–Crippen LogP) is 2.18. The molecule has 5 rings (SSSR count). The van der Waals surface area contributed by atoms with Gasteiger partial charge in [-0.25, -0.2) is 0 Å². The summed E-state index contributed by atoms with van der Waals surface area (Å²) in [5, 5.41) is 22.6. The maximum Gasteiger partial charge on any atom is 0.269 e. The second kappa shape index (κ2) is 4.31. The minimum atomic E-state index is -0.895. The van der Waals surface area contributed by atoms with Crippen molar-refractivity contribution in [3.63, 3.8) is 0 Å². The Labute approximate surface area is 128 Å². The Morgan fingerprint density at radius 1 is 1.09 bits per heavy atom. The molecule has 1 aromatic rings. The fourth-order valence-corrected chi connectivity index (χ4v) is 5.78. The lowest BCUT2D eigenvalue weighted by molar-refractivity contribution is -0.384. The number of benzene rings is 1. The molecule has 0 radical (unpaired) electrons. The van der Waals surface area contributed by atoms with Crippen LogP contribution in [0.1, 0.15) is 44.1 Å². The van der Waals surface area contributed by atoms with E-state index in [-0.39, 0.29) is 11.1 Å². The molecule has 5 nitrogen and oxygen atoms in total. The number of carbonyl (C=O) groups excluding carboxylic acids is 1. The van der Waals surface area contributed by atoms with Crippen molar-refractivity contribution in [3.8, 4) is 0 Å². The topological polar surface area (TPSA) is 83.3 Å². The van der Waals surface area contributed by atoms with Crippen LogP contribution in [0.5, 0.6) is 0 Å². The summed E-state index contributed by atoms with van der Waals surface area (Å²) >= 11 is 0. The zero-order chi connectivity index (χ0) is 15.5. The van der Waals surface area contributed by atoms with E-state index in [2.05, 4.69) is 0 Å². The summed E-state index contributed by atoms with van der Waals surface area (Å²) in [6, 6.07) is 6.74. The average Bonchev–Trinajstić information content (AvgIpc) is 2.46. The third-order valence-electron chi connectivity index (χ3n) is 6.18. The van der Waals surface area contributed by atoms with Gasteiger partial charge in [-0.15, -0.1) is 0 Å². The smallest absolute Gasteiger partial charge is 0.269 e. The van der Waals surface area contributed by atoms with Gasteiger partial charge in [0.1, 0.15) is 0 Å². The Morgan fingerprint density at radius 3 is 2.18 bits per heavy atom. The van der Waals surface area contributed by atoms with Crippen LogP contribution in [0.4, 0.5) is 5.69 Å². The number of carboxylic acid groups (broad SMARTS) is 1. The number of aliphatic carboxylic acids is 1. The first-order valence-corrected chi connectivity index (χ1v) is 7.89. The third kappa shape index (κ3) is 1.81. The number of nitrogens with zero attached hydrogens (tertiary/aromatic N) is 1. The number of rotatable bonds is 3. The van der Waals surface area contributed by atoms with Gasteiger partial charge in [-0.2, -0.15) is 0 Å². The van der Waals surface area contributed by atoms with Crippen molar-refractivity contribution in [3.05, 3.63) is 39.9 Å². The highest BCUT2D eigenvalue weighted by Gasteiger charge is 2.58. The van der Waals surface area contributed by atoms with E-state index >= 15 is 0 Å². The summed E-state index contributed by atoms with van der Waals surface area (Å²) in [5.74, 6) is 0.0107. The molecule has 4 fully saturated rings. The largest absolute Gasteiger partial charge is 0.550 e. The van der Waals surface area contributed by atoms with E-state index in [0.29, 0.717) is 18.3 Å². The molecule has 0 N–H and O–H groups in total. The Kier molecular flexibility index (Phi) is 2.69. The molecule has 2 unspecified atom stereocenters. The minimum Gasteiger partial charge on any atom is -0.550 e. The number of hydrogen-bond acceptors (Lipinski definition) is 4. The van der Waals surface area contributed by atoms with Gasteiger partial charge in [0.25, 0.3) is 5.69 Å². The van der Waals surface area contributed by atoms with E-state index in [0.717, 1.165) is 37.7 Å². The predicted molar refractivity (Wildman–Crippen MR) is 76.9 cm³/mol. The maximum absolute atomic E-state index is 11.8. The van der Waals surface area contributed by atoms with E-state index in [4.69, 9.17) is 0 Å². The lowest BCUT2D eigenvalue weighted by Gasteiger charge is -2.62. The van der Waals surface area contributed by atoms with Crippen LogP contribution in [0.15, 0.2) is 24.3 Å². The SMILES string of the molecule is O=C([O-])C12C[C@H]3C[C@@H](C1)CC(c1ccc([N+](=O)[O-])cc1)(C3)C2. The third-order valence-corrected chi connectivity index (χ3v) is 6.18. The van der Waals surface area contributed by atoms with Crippen molar-refractivity contribution in [2.45, 2.75) is 43.9 Å². The van der Waals surface area contributed by atoms with Gasteiger partial charge < -0.3 is 9.90 Å². The molecule has 0 saturated heterocycles. The molecule has 0 aromatic heterocycles. The first kappa shape index (κ1) is 13.7. The van der Waals surface area contributed by atoms with Crippen LogP contribution < -0.4 is 5.11 Å². The van der Waals surface area contributed by atoms with Crippen LogP contribution >= 0.6 is 0 Å². The van der Waals surface area contributed by atoms with Gasteiger partial charge in [0.05, 0.1) is 4.92 Å². The van der Waals surface area contributed by atoms with Crippen LogP contribution in [0, 0.1) is 27.4 Å². The highest BCUT2D eigenvalue weighted by Crippen LogP contribution is 2.65. The van der Waals surface area contributed by atoms with Gasteiger partial charge in [-0.1, -0.05) is 12.1 Å². The summed E-state index contributed by atoms with van der Waals surface area (Å²) in [7, 11) is 0. The van der Waals surface area contributed by atoms with Crippen molar-refractivity contribution in [2.75, 3.05) is 0 Å². The fourth-order valence-electron chi connectivity index (χ4n) is 5.78. The van der Waals surface area contributed by atoms with Crippen molar-refractivity contribution in [2.24, 2.45) is 17.3 Å². The summed E-state index contributed by atoms with van der Waals surface area (Å²) in [6.07, 6.45) is 5.28. The Hall–Kier alpha value is -1.91. The minimum absolute atomic E-state index is 0.0862. The highest BCUT2D eigenvalue weighted by atomic mass is 16.6. The molecule has 4 aliphatic carbocycles. The van der Waals surface area contributed by atoms with E-state index in [1.807, 2.05) is 12.1 Å². The van der Waals surface area contributed by atoms with Crippen LogP contribution in [0.25, 0.3) is 0 Å². The number of non-ortho nitro benzene ring substituents is 1. The van der Waals surface area contributed by atoms with Gasteiger partial charge in [-0.3, -0.25) is 10.1 Å². The monoisotopic (exact) mass is 300 g/mol. The van der Waals surface area contributed by atoms with Crippen molar-refractivity contribution < 1.29 is 14.8 Å². The molecule has 4 bridgehead atoms. The number of nitro benzene ring substituents is 1. The lowest BCUT2D eigenvalue weighted by Crippen LogP contribution is -2.59. The van der Waals surface area contributed by atoms with E-state index < -0.39 is 16.3 Å². The van der Waals surface area contributed by atoms with Crippen LogP contribution in [-0.4, -0.2) is 10.9 Å². The molecular weight excluding hydrogens is 282 g/mol. The zero-order valence-corrected chi connectivity index (χ0v) is 12.3. The number of carboxylic acids is 1. The Bertz CT molecular complexity index is 637. The summed E-state index contributed by atoms with van der Waals surface area (Å²) in [6.45, 7) is 0. The van der Waals surface area contributed by atoms with Crippen LogP contribution in [0.2, 0.25) is 0 Å². The molecule has 1 aromatic carbocycles. The van der Waals surface area contributed by atoms with Crippen LogP contribution in [-0.2, 0) is 10.2 Å². The molecule has 0 amide bonds. The molecule has 4 aliphatic rings. The van der Waals surface area contributed by atoms with Gasteiger partial charge in [-0.05, 0) is 61.3 Å². The van der Waals surface area contributed by atoms with Gasteiger partial charge in [0.2, 0.25) is 0 Å². The summed E-state index contributed by atoms with van der Waals surface area (Å²) in [4.78, 5) is 22.2. The fraction of sp³-hybridized carbons (Fsp3) is 0.588. The molecule has 0 heterocycles. The molecule has 116 valence electrons. The molecule has 4 saturated carbocycles. The Morgan fingerprint density at radius 2 is 1.68 bits per heavy atom. The quantitative estimate of drug-likeness (QED) is 0.632. The standard InChI is InChI=1S/C17H19NO4/c19-15(20)17-8-11-5-12(9-17)7-16(6-11,10-17)13-1-3-14(4-2-13)18(21)22/h1-4,11-12H,5-10H2,(H,19,20)/p-1/t11-,12+,16?,17?. The van der Waals surface area contributed by atoms with E-state index in [9.17, 15) is 20.0 Å². The van der Waals surface area contributed by atoms with Crippen LogP contribution in [0.3, 0.4) is 0 Å². The number of carbonyl (C=O) groups is 1. The summed E-state index contributed by atoms with van der Waals surface area (Å²) in [5.41, 5.74) is 0.353. The molecule has 22 heavy (non-hydrogen) atoms. The Balaban J connectivity index is 1.74. The molecule has 0 spiro atoms. The van der Waals surface area contributed by atoms with Gasteiger partial charge in [0.15, 0.2) is 0 Å². The van der Waals surface area contributed by atoms with E-state index in [1.165, 1.54) is 0 Å². The summed E-state index contributed by atoms with van der Waals surface area (Å²) < 4.78 is 0. The average molecular weight is 300 g/mol. The van der Waals surface area contributed by atoms with Crippen molar-refractivity contribution in [1.29, 1.82) is 0 Å². The maximum atomic E-state index is 11.8. The normalized spacial score (nSPS) is 38.9. The number of hydrogen-bond donors (Lipinski definition) is 0. The highest BCUT2D eigenvalue weighted by molar-refractivity contribution is 5.73. The first-order chi connectivity index (χ1) is 10.4.